The summed E-state index contributed by atoms with van der Waals surface area (Å²) in [5, 5.41) is 0.130. The van der Waals surface area contributed by atoms with E-state index in [9.17, 15) is 18.8 Å². The van der Waals surface area contributed by atoms with Gasteiger partial charge in [-0.15, -0.1) is 0 Å². The van der Waals surface area contributed by atoms with Crippen LogP contribution in [0.25, 0.3) is 10.9 Å². The first-order valence-electron chi connectivity index (χ1n) is 9.06. The Balaban J connectivity index is 1.74. The third-order valence-corrected chi connectivity index (χ3v) is 4.51. The minimum atomic E-state index is -0.532. The number of halogens is 1. The molecule has 1 amide bonds. The summed E-state index contributed by atoms with van der Waals surface area (Å²) in [7, 11) is 0. The van der Waals surface area contributed by atoms with Crippen LogP contribution in [-0.4, -0.2) is 46.0 Å². The monoisotopic (exact) mass is 375 g/mol. The van der Waals surface area contributed by atoms with Crippen LogP contribution in [0.2, 0.25) is 0 Å². The molecule has 2 aromatic rings. The molecule has 3 rings (SSSR count). The van der Waals surface area contributed by atoms with Crippen LogP contribution < -0.4 is 5.56 Å². The zero-order valence-corrected chi connectivity index (χ0v) is 15.2. The molecule has 0 aliphatic heterocycles. The maximum Gasteiger partial charge on any atom is 0.307 e. The molecule has 1 saturated carbocycles. The molecule has 144 valence electrons. The summed E-state index contributed by atoms with van der Waals surface area (Å²) < 4.78 is 19.5. The molecule has 0 bridgehead atoms. The number of benzene rings is 1. The van der Waals surface area contributed by atoms with Crippen molar-refractivity contribution < 1.29 is 18.7 Å². The molecule has 0 saturated heterocycles. The Labute approximate surface area is 155 Å². The van der Waals surface area contributed by atoms with Crippen molar-refractivity contribution >= 4 is 22.8 Å². The van der Waals surface area contributed by atoms with E-state index < -0.39 is 11.4 Å². The Morgan fingerprint density at radius 1 is 1.37 bits per heavy atom. The minimum absolute atomic E-state index is 0.113. The number of esters is 1. The van der Waals surface area contributed by atoms with Gasteiger partial charge in [0.15, 0.2) is 0 Å². The zero-order chi connectivity index (χ0) is 19.4. The van der Waals surface area contributed by atoms with E-state index in [1.807, 2.05) is 0 Å². The molecular weight excluding hydrogens is 353 g/mol. The van der Waals surface area contributed by atoms with Gasteiger partial charge in [-0.25, -0.2) is 9.37 Å². The molecule has 1 aromatic carbocycles. The molecule has 0 unspecified atom stereocenters. The van der Waals surface area contributed by atoms with E-state index in [-0.39, 0.29) is 36.8 Å². The molecule has 8 heteroatoms. The van der Waals surface area contributed by atoms with Crippen LogP contribution in [0.5, 0.6) is 0 Å². The lowest BCUT2D eigenvalue weighted by Gasteiger charge is -2.22. The van der Waals surface area contributed by atoms with Gasteiger partial charge in [0.25, 0.3) is 5.56 Å². The second-order valence-electron chi connectivity index (χ2n) is 6.68. The summed E-state index contributed by atoms with van der Waals surface area (Å²) in [6.07, 6.45) is 3.52. The van der Waals surface area contributed by atoms with E-state index in [2.05, 4.69) is 4.98 Å². The average Bonchev–Trinajstić information content (AvgIpc) is 3.45. The van der Waals surface area contributed by atoms with E-state index in [0.717, 1.165) is 18.9 Å². The standard InChI is InChI=1S/C19H22FN3O4/c1-2-27-18(25)7-8-22(10-13-3-4-13)17(24)11-23-12-21-16-6-5-14(20)9-15(16)19(23)26/h5-6,9,12-13H,2-4,7-8,10-11H2,1H3. The van der Waals surface area contributed by atoms with Gasteiger partial charge < -0.3 is 9.64 Å². The summed E-state index contributed by atoms with van der Waals surface area (Å²) in [5.41, 5.74) is -0.0909. The Morgan fingerprint density at radius 2 is 2.15 bits per heavy atom. The smallest absolute Gasteiger partial charge is 0.307 e. The van der Waals surface area contributed by atoms with Gasteiger partial charge in [0, 0.05) is 13.1 Å². The van der Waals surface area contributed by atoms with Gasteiger partial charge in [-0.3, -0.25) is 19.0 Å². The van der Waals surface area contributed by atoms with Crippen LogP contribution in [0.1, 0.15) is 26.2 Å². The first kappa shape index (κ1) is 19.0. The predicted octanol–water partition coefficient (Wildman–Crippen LogP) is 1.73. The van der Waals surface area contributed by atoms with Crippen LogP contribution in [0, 0.1) is 11.7 Å². The van der Waals surface area contributed by atoms with Crippen molar-refractivity contribution in [2.24, 2.45) is 5.92 Å². The second-order valence-corrected chi connectivity index (χ2v) is 6.68. The Kier molecular flexibility index (Phi) is 5.83. The molecule has 1 heterocycles. The van der Waals surface area contributed by atoms with Gasteiger partial charge in [0.2, 0.25) is 5.91 Å². The Morgan fingerprint density at radius 3 is 2.85 bits per heavy atom. The molecule has 1 aliphatic carbocycles. The van der Waals surface area contributed by atoms with Crippen LogP contribution in [-0.2, 0) is 20.9 Å². The first-order valence-corrected chi connectivity index (χ1v) is 9.06. The van der Waals surface area contributed by atoms with E-state index in [4.69, 9.17) is 4.74 Å². The van der Waals surface area contributed by atoms with Gasteiger partial charge in [-0.05, 0) is 43.9 Å². The Bertz CT molecular complexity index is 907. The maximum absolute atomic E-state index is 13.4. The number of nitrogens with zero attached hydrogens (tertiary/aromatic N) is 3. The number of fused-ring (bicyclic) bond motifs is 1. The molecular formula is C19H22FN3O4. The van der Waals surface area contributed by atoms with Crippen molar-refractivity contribution in [1.82, 2.24) is 14.5 Å². The highest BCUT2D eigenvalue weighted by atomic mass is 19.1. The number of carbonyl (C=O) groups excluding carboxylic acids is 2. The van der Waals surface area contributed by atoms with Gasteiger partial charge in [-0.2, -0.15) is 0 Å². The van der Waals surface area contributed by atoms with E-state index in [1.54, 1.807) is 11.8 Å². The zero-order valence-electron chi connectivity index (χ0n) is 15.2. The summed E-state index contributed by atoms with van der Waals surface area (Å²) in [5.74, 6) is -0.719. The van der Waals surface area contributed by atoms with Crippen molar-refractivity contribution in [3.63, 3.8) is 0 Å². The van der Waals surface area contributed by atoms with Gasteiger partial charge in [0.1, 0.15) is 12.4 Å². The Hall–Kier alpha value is -2.77. The lowest BCUT2D eigenvalue weighted by molar-refractivity contribution is -0.144. The van der Waals surface area contributed by atoms with Crippen molar-refractivity contribution in [1.29, 1.82) is 0 Å². The molecule has 0 N–H and O–H groups in total. The molecule has 0 atom stereocenters. The number of amides is 1. The van der Waals surface area contributed by atoms with Crippen LogP contribution in [0.15, 0.2) is 29.3 Å². The van der Waals surface area contributed by atoms with Crippen molar-refractivity contribution in [3.8, 4) is 0 Å². The number of hydrogen-bond acceptors (Lipinski definition) is 5. The first-order chi connectivity index (χ1) is 13.0. The largest absolute Gasteiger partial charge is 0.466 e. The van der Waals surface area contributed by atoms with Gasteiger partial charge in [0.05, 0.1) is 30.3 Å². The minimum Gasteiger partial charge on any atom is -0.466 e. The number of hydrogen-bond donors (Lipinski definition) is 0. The normalized spacial score (nSPS) is 13.6. The van der Waals surface area contributed by atoms with Crippen LogP contribution in [0.4, 0.5) is 4.39 Å². The third kappa shape index (κ3) is 4.90. The fraction of sp³-hybridized carbons (Fsp3) is 0.474. The summed E-state index contributed by atoms with van der Waals surface area (Å²) in [6.45, 7) is 2.63. The van der Waals surface area contributed by atoms with Gasteiger partial charge >= 0.3 is 5.97 Å². The van der Waals surface area contributed by atoms with Crippen LogP contribution >= 0.6 is 0 Å². The fourth-order valence-electron chi connectivity index (χ4n) is 2.88. The average molecular weight is 375 g/mol. The molecule has 7 nitrogen and oxygen atoms in total. The summed E-state index contributed by atoms with van der Waals surface area (Å²) in [4.78, 5) is 42.6. The molecule has 27 heavy (non-hydrogen) atoms. The second kappa shape index (κ2) is 8.28. The highest BCUT2D eigenvalue weighted by Gasteiger charge is 2.27. The lowest BCUT2D eigenvalue weighted by atomic mass is 10.2. The lowest BCUT2D eigenvalue weighted by Crippen LogP contribution is -2.39. The van der Waals surface area contributed by atoms with E-state index >= 15 is 0 Å². The highest BCUT2D eigenvalue weighted by Crippen LogP contribution is 2.29. The van der Waals surface area contributed by atoms with Crippen molar-refractivity contribution in [3.05, 3.63) is 40.7 Å². The number of carbonyl (C=O) groups is 2. The highest BCUT2D eigenvalue weighted by molar-refractivity contribution is 5.79. The van der Waals surface area contributed by atoms with E-state index in [0.29, 0.717) is 24.6 Å². The van der Waals surface area contributed by atoms with E-state index in [1.165, 1.54) is 23.0 Å². The maximum atomic E-state index is 13.4. The number of aromatic nitrogens is 2. The molecule has 0 spiro atoms. The van der Waals surface area contributed by atoms with Crippen LogP contribution in [0.3, 0.4) is 0 Å². The summed E-state index contributed by atoms with van der Waals surface area (Å²) in [6, 6.07) is 3.78. The van der Waals surface area contributed by atoms with Gasteiger partial charge in [-0.1, -0.05) is 0 Å². The SMILES string of the molecule is CCOC(=O)CCN(CC1CC1)C(=O)Cn1cnc2ccc(F)cc2c1=O. The quantitative estimate of drug-likeness (QED) is 0.657. The van der Waals surface area contributed by atoms with Crippen molar-refractivity contribution in [2.45, 2.75) is 32.7 Å². The number of rotatable bonds is 8. The predicted molar refractivity (Wildman–Crippen MR) is 96.5 cm³/mol. The fourth-order valence-corrected chi connectivity index (χ4v) is 2.88. The topological polar surface area (TPSA) is 81.5 Å². The number of ether oxygens (including phenoxy) is 1. The van der Waals surface area contributed by atoms with Crippen molar-refractivity contribution in [2.75, 3.05) is 19.7 Å². The summed E-state index contributed by atoms with van der Waals surface area (Å²) >= 11 is 0. The molecule has 1 fully saturated rings. The third-order valence-electron chi connectivity index (χ3n) is 4.51. The molecule has 1 aliphatic rings. The molecule has 1 aromatic heterocycles. The molecule has 0 radical (unpaired) electrons.